The van der Waals surface area contributed by atoms with Crippen LogP contribution in [-0.2, 0) is 24.3 Å². The summed E-state index contributed by atoms with van der Waals surface area (Å²) in [5.41, 5.74) is 3.53. The van der Waals surface area contributed by atoms with Gasteiger partial charge in [-0.15, -0.1) is 0 Å². The number of ether oxygens (including phenoxy) is 1. The molecule has 1 N–H and O–H groups in total. The summed E-state index contributed by atoms with van der Waals surface area (Å²) >= 11 is 0. The van der Waals surface area contributed by atoms with E-state index in [2.05, 4.69) is 64.7 Å². The van der Waals surface area contributed by atoms with Gasteiger partial charge in [0.1, 0.15) is 5.82 Å². The average Bonchev–Trinajstić information content (AvgIpc) is 2.65. The monoisotopic (exact) mass is 319 g/mol. The van der Waals surface area contributed by atoms with Gasteiger partial charge in [-0.2, -0.15) is 0 Å². The first-order valence-corrected chi connectivity index (χ1v) is 8.43. The second kappa shape index (κ2) is 6.67. The van der Waals surface area contributed by atoms with Gasteiger partial charge >= 0.3 is 0 Å². The molecule has 1 aliphatic rings. The van der Waals surface area contributed by atoms with Crippen LogP contribution in [0, 0.1) is 0 Å². The average molecular weight is 319 g/mol. The highest BCUT2D eigenvalue weighted by atomic mass is 16.5. The van der Waals surface area contributed by atoms with E-state index in [9.17, 15) is 0 Å². The molecule has 1 atom stereocenters. The number of benzene rings is 2. The predicted octanol–water partition coefficient (Wildman–Crippen LogP) is 3.55. The molecule has 2 heterocycles. The van der Waals surface area contributed by atoms with Crippen molar-refractivity contribution in [2.24, 2.45) is 0 Å². The fourth-order valence-electron chi connectivity index (χ4n) is 3.10. The zero-order valence-electron chi connectivity index (χ0n) is 13.8. The minimum Gasteiger partial charge on any atom is -0.376 e. The van der Waals surface area contributed by atoms with Gasteiger partial charge in [-0.25, -0.2) is 9.97 Å². The number of hydrogen-bond acceptors (Lipinski definition) is 4. The van der Waals surface area contributed by atoms with E-state index in [4.69, 9.17) is 4.74 Å². The minimum absolute atomic E-state index is 0.248. The first-order chi connectivity index (χ1) is 11.8. The van der Waals surface area contributed by atoms with Gasteiger partial charge in [0.2, 0.25) is 0 Å². The Morgan fingerprint density at radius 1 is 1.17 bits per heavy atom. The highest BCUT2D eigenvalue weighted by Crippen LogP contribution is 2.20. The van der Waals surface area contributed by atoms with E-state index in [0.717, 1.165) is 30.1 Å². The van der Waals surface area contributed by atoms with Crippen LogP contribution in [0.4, 0.5) is 0 Å². The maximum absolute atomic E-state index is 5.43. The van der Waals surface area contributed by atoms with Gasteiger partial charge in [-0.1, -0.05) is 36.4 Å². The third-order valence-corrected chi connectivity index (χ3v) is 4.58. The molecule has 0 spiro atoms. The van der Waals surface area contributed by atoms with E-state index < -0.39 is 0 Å². The van der Waals surface area contributed by atoms with Crippen molar-refractivity contribution in [1.29, 1.82) is 0 Å². The molecule has 0 saturated carbocycles. The Bertz CT molecular complexity index is 862. The number of hydrogen-bond donors (Lipinski definition) is 1. The van der Waals surface area contributed by atoms with Crippen molar-refractivity contribution in [3.63, 3.8) is 0 Å². The van der Waals surface area contributed by atoms with Crippen molar-refractivity contribution < 1.29 is 4.74 Å². The Balaban J connectivity index is 1.46. The second-order valence-electron chi connectivity index (χ2n) is 6.27. The first kappa shape index (κ1) is 15.2. The van der Waals surface area contributed by atoms with Gasteiger partial charge in [0.05, 0.1) is 25.5 Å². The molecule has 0 aliphatic carbocycles. The van der Waals surface area contributed by atoms with E-state index in [0.29, 0.717) is 13.2 Å². The number of rotatable bonds is 4. The number of nitrogens with one attached hydrogen (secondary N) is 1. The molecule has 0 amide bonds. The van der Waals surface area contributed by atoms with E-state index in [1.54, 1.807) is 0 Å². The van der Waals surface area contributed by atoms with Crippen LogP contribution in [0.2, 0.25) is 0 Å². The number of nitrogens with zero attached hydrogens (tertiary/aromatic N) is 2. The van der Waals surface area contributed by atoms with Gasteiger partial charge in [-0.05, 0) is 29.3 Å². The minimum atomic E-state index is 0.248. The summed E-state index contributed by atoms with van der Waals surface area (Å²) in [6.07, 6.45) is 2.78. The molecule has 1 aromatic heterocycles. The lowest BCUT2D eigenvalue weighted by Gasteiger charge is -2.17. The highest BCUT2D eigenvalue weighted by molar-refractivity contribution is 5.83. The summed E-state index contributed by atoms with van der Waals surface area (Å²) in [7, 11) is 0. The third-order valence-electron chi connectivity index (χ3n) is 4.58. The van der Waals surface area contributed by atoms with Crippen molar-refractivity contribution >= 4 is 10.8 Å². The van der Waals surface area contributed by atoms with Gasteiger partial charge in [0, 0.05) is 24.2 Å². The Kier molecular flexibility index (Phi) is 4.24. The van der Waals surface area contributed by atoms with Crippen molar-refractivity contribution in [3.8, 4) is 0 Å². The van der Waals surface area contributed by atoms with Crippen LogP contribution in [0.3, 0.4) is 0 Å². The largest absolute Gasteiger partial charge is 0.376 e. The van der Waals surface area contributed by atoms with Crippen LogP contribution in [0.5, 0.6) is 0 Å². The fraction of sp³-hybridized carbons (Fsp3) is 0.300. The fourth-order valence-corrected chi connectivity index (χ4v) is 3.10. The topological polar surface area (TPSA) is 47.0 Å². The zero-order valence-corrected chi connectivity index (χ0v) is 13.8. The summed E-state index contributed by atoms with van der Waals surface area (Å²) in [5, 5.41) is 6.07. The van der Waals surface area contributed by atoms with Crippen molar-refractivity contribution in [3.05, 3.63) is 71.3 Å². The lowest BCUT2D eigenvalue weighted by molar-refractivity contribution is 0.108. The van der Waals surface area contributed by atoms with E-state index in [1.165, 1.54) is 16.3 Å². The van der Waals surface area contributed by atoms with Crippen LogP contribution < -0.4 is 5.32 Å². The standard InChI is InChI=1S/C20H21N3O/c1-14(16-7-6-15-4-2-3-5-17(15)10-16)21-12-20-22-11-18-13-24-9-8-19(18)23-20/h2-7,10-11,14,21H,8-9,12-13H2,1H3. The quantitative estimate of drug-likeness (QED) is 0.799. The molecular formula is C20H21N3O. The lowest BCUT2D eigenvalue weighted by atomic mass is 10.0. The summed E-state index contributed by atoms with van der Waals surface area (Å²) in [6.45, 7) is 4.24. The smallest absolute Gasteiger partial charge is 0.142 e. The van der Waals surface area contributed by atoms with Gasteiger partial charge in [-0.3, -0.25) is 0 Å². The first-order valence-electron chi connectivity index (χ1n) is 8.43. The molecule has 1 unspecified atom stereocenters. The Morgan fingerprint density at radius 2 is 2.04 bits per heavy atom. The van der Waals surface area contributed by atoms with E-state index in [-0.39, 0.29) is 6.04 Å². The van der Waals surface area contributed by atoms with Gasteiger partial charge in [0.25, 0.3) is 0 Å². The number of fused-ring (bicyclic) bond motifs is 2. The highest BCUT2D eigenvalue weighted by Gasteiger charge is 2.13. The van der Waals surface area contributed by atoms with Crippen molar-refractivity contribution in [1.82, 2.24) is 15.3 Å². The van der Waals surface area contributed by atoms with E-state index in [1.807, 2.05) is 6.20 Å². The molecular weight excluding hydrogens is 298 g/mol. The van der Waals surface area contributed by atoms with Crippen LogP contribution >= 0.6 is 0 Å². The molecule has 122 valence electrons. The maximum Gasteiger partial charge on any atom is 0.142 e. The normalized spacial score (nSPS) is 15.2. The summed E-state index contributed by atoms with van der Waals surface area (Å²) in [6, 6.07) is 15.3. The Labute approximate surface area is 141 Å². The third kappa shape index (κ3) is 3.16. The summed E-state index contributed by atoms with van der Waals surface area (Å²) in [4.78, 5) is 9.13. The molecule has 0 radical (unpaired) electrons. The van der Waals surface area contributed by atoms with Crippen LogP contribution in [0.1, 0.15) is 35.6 Å². The molecule has 4 rings (SSSR count). The molecule has 24 heavy (non-hydrogen) atoms. The molecule has 3 aromatic rings. The molecule has 0 bridgehead atoms. The molecule has 1 aliphatic heterocycles. The predicted molar refractivity (Wildman–Crippen MR) is 94.6 cm³/mol. The molecule has 4 nitrogen and oxygen atoms in total. The molecule has 4 heteroatoms. The summed E-state index contributed by atoms with van der Waals surface area (Å²) in [5.74, 6) is 0.850. The Hall–Kier alpha value is -2.30. The molecule has 0 fully saturated rings. The van der Waals surface area contributed by atoms with Crippen LogP contribution in [-0.4, -0.2) is 16.6 Å². The summed E-state index contributed by atoms with van der Waals surface area (Å²) < 4.78 is 5.43. The lowest BCUT2D eigenvalue weighted by Crippen LogP contribution is -2.21. The number of aromatic nitrogens is 2. The van der Waals surface area contributed by atoms with Crippen molar-refractivity contribution in [2.45, 2.75) is 32.5 Å². The van der Waals surface area contributed by atoms with Crippen LogP contribution in [0.25, 0.3) is 10.8 Å². The SMILES string of the molecule is CC(NCc1ncc2c(n1)CCOC2)c1ccc2ccccc2c1. The maximum atomic E-state index is 5.43. The van der Waals surface area contributed by atoms with Gasteiger partial charge in [0.15, 0.2) is 0 Å². The molecule has 0 saturated heterocycles. The molecule has 2 aromatic carbocycles. The van der Waals surface area contributed by atoms with Crippen LogP contribution in [0.15, 0.2) is 48.7 Å². The second-order valence-corrected chi connectivity index (χ2v) is 6.27. The van der Waals surface area contributed by atoms with Crippen molar-refractivity contribution in [2.75, 3.05) is 6.61 Å². The van der Waals surface area contributed by atoms with E-state index >= 15 is 0 Å². The van der Waals surface area contributed by atoms with Gasteiger partial charge < -0.3 is 10.1 Å². The zero-order chi connectivity index (χ0) is 16.4. The Morgan fingerprint density at radius 3 is 2.96 bits per heavy atom.